The van der Waals surface area contributed by atoms with Crippen molar-refractivity contribution in [1.82, 2.24) is 0 Å². The van der Waals surface area contributed by atoms with Gasteiger partial charge in [-0.3, -0.25) is 4.79 Å². The van der Waals surface area contributed by atoms with E-state index >= 15 is 0 Å². The molecular formula is C14H18O. The third kappa shape index (κ3) is 2.79. The molecule has 1 heteroatoms. The van der Waals surface area contributed by atoms with Crippen molar-refractivity contribution in [2.45, 2.75) is 27.2 Å². The van der Waals surface area contributed by atoms with Gasteiger partial charge in [0.15, 0.2) is 0 Å². The molecule has 0 spiro atoms. The minimum atomic E-state index is -0.421. The molecule has 1 rings (SSSR count). The molecule has 0 aliphatic rings. The van der Waals surface area contributed by atoms with Gasteiger partial charge in [-0.2, -0.15) is 0 Å². The standard InChI is InChI=1S/C14H18O/c1-11(2)14(3,4)13(15)10-12-8-6-5-7-9-12/h5-9H,1,10H2,2-4H3. The van der Waals surface area contributed by atoms with Gasteiger partial charge in [0.1, 0.15) is 5.78 Å². The zero-order valence-electron chi connectivity index (χ0n) is 9.71. The molecule has 0 aromatic heterocycles. The molecule has 0 atom stereocenters. The second kappa shape index (κ2) is 4.43. The summed E-state index contributed by atoms with van der Waals surface area (Å²) in [5, 5.41) is 0. The summed E-state index contributed by atoms with van der Waals surface area (Å²) in [4.78, 5) is 12.0. The molecule has 15 heavy (non-hydrogen) atoms. The zero-order chi connectivity index (χ0) is 11.5. The fourth-order valence-electron chi connectivity index (χ4n) is 1.24. The van der Waals surface area contributed by atoms with Crippen molar-refractivity contribution in [3.63, 3.8) is 0 Å². The highest BCUT2D eigenvalue weighted by Crippen LogP contribution is 2.26. The second-order valence-electron chi connectivity index (χ2n) is 4.49. The lowest BCUT2D eigenvalue weighted by molar-refractivity contribution is -0.124. The van der Waals surface area contributed by atoms with Gasteiger partial charge in [-0.15, -0.1) is 0 Å². The average Bonchev–Trinajstić information content (AvgIpc) is 2.18. The Morgan fingerprint density at radius 2 is 1.80 bits per heavy atom. The van der Waals surface area contributed by atoms with E-state index in [0.29, 0.717) is 6.42 Å². The van der Waals surface area contributed by atoms with Gasteiger partial charge in [0.05, 0.1) is 0 Å². The van der Waals surface area contributed by atoms with Gasteiger partial charge in [-0.1, -0.05) is 42.5 Å². The molecule has 0 bridgehead atoms. The predicted octanol–water partition coefficient (Wildman–Crippen LogP) is 3.40. The number of hydrogen-bond donors (Lipinski definition) is 0. The molecule has 0 amide bonds. The molecule has 0 fully saturated rings. The van der Waals surface area contributed by atoms with Crippen LogP contribution in [0.4, 0.5) is 0 Å². The Hall–Kier alpha value is -1.37. The summed E-state index contributed by atoms with van der Waals surface area (Å²) in [5.41, 5.74) is 1.57. The van der Waals surface area contributed by atoms with E-state index in [0.717, 1.165) is 11.1 Å². The second-order valence-corrected chi connectivity index (χ2v) is 4.49. The maximum Gasteiger partial charge on any atom is 0.146 e. The summed E-state index contributed by atoms with van der Waals surface area (Å²) in [7, 11) is 0. The molecule has 1 aromatic rings. The quantitative estimate of drug-likeness (QED) is 0.684. The number of ketones is 1. The molecule has 0 aliphatic heterocycles. The van der Waals surface area contributed by atoms with E-state index in [2.05, 4.69) is 6.58 Å². The van der Waals surface area contributed by atoms with Crippen LogP contribution in [0.2, 0.25) is 0 Å². The molecule has 80 valence electrons. The summed E-state index contributed by atoms with van der Waals surface area (Å²) < 4.78 is 0. The predicted molar refractivity (Wildman–Crippen MR) is 63.7 cm³/mol. The van der Waals surface area contributed by atoms with E-state index in [1.807, 2.05) is 51.1 Å². The summed E-state index contributed by atoms with van der Waals surface area (Å²) >= 11 is 0. The Labute approximate surface area is 91.8 Å². The minimum Gasteiger partial charge on any atom is -0.298 e. The molecule has 0 aliphatic carbocycles. The molecule has 1 aromatic carbocycles. The van der Waals surface area contributed by atoms with E-state index in [-0.39, 0.29) is 5.78 Å². The molecule has 0 radical (unpaired) electrons. The van der Waals surface area contributed by atoms with Crippen LogP contribution in [0.15, 0.2) is 42.5 Å². The molecule has 0 heterocycles. The van der Waals surface area contributed by atoms with Gasteiger partial charge in [0.2, 0.25) is 0 Å². The topological polar surface area (TPSA) is 17.1 Å². The SMILES string of the molecule is C=C(C)C(C)(C)C(=O)Cc1ccccc1. The largest absolute Gasteiger partial charge is 0.298 e. The third-order valence-corrected chi connectivity index (χ3v) is 2.97. The molecule has 0 N–H and O–H groups in total. The Morgan fingerprint density at radius 3 is 2.27 bits per heavy atom. The lowest BCUT2D eigenvalue weighted by Gasteiger charge is -2.23. The van der Waals surface area contributed by atoms with E-state index < -0.39 is 5.41 Å². The molecule has 0 saturated carbocycles. The maximum atomic E-state index is 12.0. The number of allylic oxidation sites excluding steroid dienone is 1. The third-order valence-electron chi connectivity index (χ3n) is 2.97. The molecule has 1 nitrogen and oxygen atoms in total. The number of rotatable bonds is 4. The number of benzene rings is 1. The normalized spacial score (nSPS) is 11.1. The highest BCUT2D eigenvalue weighted by molar-refractivity contribution is 5.88. The lowest BCUT2D eigenvalue weighted by Crippen LogP contribution is -2.26. The van der Waals surface area contributed by atoms with Crippen LogP contribution in [0.25, 0.3) is 0 Å². The van der Waals surface area contributed by atoms with Gasteiger partial charge in [-0.05, 0) is 26.3 Å². The van der Waals surface area contributed by atoms with Crippen LogP contribution in [-0.2, 0) is 11.2 Å². The van der Waals surface area contributed by atoms with Crippen molar-refractivity contribution in [2.75, 3.05) is 0 Å². The van der Waals surface area contributed by atoms with Crippen LogP contribution in [0.1, 0.15) is 26.3 Å². The van der Waals surface area contributed by atoms with E-state index in [4.69, 9.17) is 0 Å². The van der Waals surface area contributed by atoms with Gasteiger partial charge >= 0.3 is 0 Å². The van der Waals surface area contributed by atoms with Crippen molar-refractivity contribution in [3.8, 4) is 0 Å². The summed E-state index contributed by atoms with van der Waals surface area (Å²) in [6, 6.07) is 9.82. The average molecular weight is 202 g/mol. The van der Waals surface area contributed by atoms with Crippen LogP contribution in [0.3, 0.4) is 0 Å². The number of hydrogen-bond acceptors (Lipinski definition) is 1. The number of carbonyl (C=O) groups is 1. The first-order chi connectivity index (χ1) is 6.94. The molecular weight excluding hydrogens is 184 g/mol. The van der Waals surface area contributed by atoms with Crippen molar-refractivity contribution in [1.29, 1.82) is 0 Å². The van der Waals surface area contributed by atoms with Crippen LogP contribution in [0, 0.1) is 5.41 Å². The smallest absolute Gasteiger partial charge is 0.146 e. The fraction of sp³-hybridized carbons (Fsp3) is 0.357. The molecule has 0 unspecified atom stereocenters. The van der Waals surface area contributed by atoms with Crippen LogP contribution < -0.4 is 0 Å². The van der Waals surface area contributed by atoms with Crippen LogP contribution in [-0.4, -0.2) is 5.78 Å². The van der Waals surface area contributed by atoms with E-state index in [1.54, 1.807) is 0 Å². The Bertz CT molecular complexity index is 360. The monoisotopic (exact) mass is 202 g/mol. The summed E-state index contributed by atoms with van der Waals surface area (Å²) in [6.07, 6.45) is 0.487. The van der Waals surface area contributed by atoms with Crippen molar-refractivity contribution >= 4 is 5.78 Å². The highest BCUT2D eigenvalue weighted by Gasteiger charge is 2.27. The zero-order valence-corrected chi connectivity index (χ0v) is 9.71. The number of carbonyl (C=O) groups excluding carboxylic acids is 1. The molecule has 0 saturated heterocycles. The van der Waals surface area contributed by atoms with Crippen LogP contribution >= 0.6 is 0 Å². The Morgan fingerprint density at radius 1 is 1.27 bits per heavy atom. The van der Waals surface area contributed by atoms with Crippen LogP contribution in [0.5, 0.6) is 0 Å². The number of Topliss-reactive ketones (excluding diaryl/α,β-unsaturated/α-hetero) is 1. The fourth-order valence-corrected chi connectivity index (χ4v) is 1.24. The first-order valence-electron chi connectivity index (χ1n) is 5.18. The van der Waals surface area contributed by atoms with Gasteiger partial charge in [-0.25, -0.2) is 0 Å². The van der Waals surface area contributed by atoms with E-state index in [9.17, 15) is 4.79 Å². The van der Waals surface area contributed by atoms with Gasteiger partial charge in [0.25, 0.3) is 0 Å². The lowest BCUT2D eigenvalue weighted by atomic mass is 9.79. The first-order valence-corrected chi connectivity index (χ1v) is 5.18. The summed E-state index contributed by atoms with van der Waals surface area (Å²) in [5.74, 6) is 0.223. The Kier molecular flexibility index (Phi) is 3.46. The highest BCUT2D eigenvalue weighted by atomic mass is 16.1. The van der Waals surface area contributed by atoms with Gasteiger partial charge < -0.3 is 0 Å². The maximum absolute atomic E-state index is 12.0. The van der Waals surface area contributed by atoms with Crippen molar-refractivity contribution in [2.24, 2.45) is 5.41 Å². The van der Waals surface area contributed by atoms with E-state index in [1.165, 1.54) is 0 Å². The van der Waals surface area contributed by atoms with Crippen molar-refractivity contribution < 1.29 is 4.79 Å². The summed E-state index contributed by atoms with van der Waals surface area (Å²) in [6.45, 7) is 9.64. The first kappa shape index (κ1) is 11.7. The Balaban J connectivity index is 2.77. The van der Waals surface area contributed by atoms with Gasteiger partial charge in [0, 0.05) is 11.8 Å². The minimum absolute atomic E-state index is 0.223. The van der Waals surface area contributed by atoms with Crippen molar-refractivity contribution in [3.05, 3.63) is 48.0 Å².